The molecule has 0 atom stereocenters. The van der Waals surface area contributed by atoms with Crippen LogP contribution < -0.4 is 11.1 Å². The zero-order chi connectivity index (χ0) is 10.1. The number of carbonyl (C=O) groups is 1. The summed E-state index contributed by atoms with van der Waals surface area (Å²) in [5, 5.41) is 2.57. The highest BCUT2D eigenvalue weighted by molar-refractivity contribution is 7.13. The van der Waals surface area contributed by atoms with Crippen molar-refractivity contribution < 1.29 is 18.0 Å². The van der Waals surface area contributed by atoms with E-state index in [2.05, 4.69) is 10.7 Å². The van der Waals surface area contributed by atoms with Gasteiger partial charge in [-0.05, 0) is 0 Å². The number of rotatable bonds is 1. The number of halogens is 3. The Bertz CT molecular complexity index is 321. The molecule has 2 amide bonds. The zero-order valence-corrected chi connectivity index (χ0v) is 6.87. The smallest absolute Gasteiger partial charge is 0.351 e. The second-order valence-electron chi connectivity index (χ2n) is 2.02. The minimum absolute atomic E-state index is 0.167. The average molecular weight is 211 g/mol. The molecule has 72 valence electrons. The van der Waals surface area contributed by atoms with E-state index in [1.165, 1.54) is 0 Å². The van der Waals surface area contributed by atoms with Crippen LogP contribution in [0.25, 0.3) is 0 Å². The molecule has 0 radical (unpaired) electrons. The van der Waals surface area contributed by atoms with E-state index < -0.39 is 17.9 Å². The fraction of sp³-hybridized carbons (Fsp3) is 0.200. The van der Waals surface area contributed by atoms with E-state index in [-0.39, 0.29) is 5.13 Å². The minimum Gasteiger partial charge on any atom is -0.351 e. The standard InChI is InChI=1S/C5H4F3N3OS/c6-5(7,8)2-1-13-4(10-2)11-3(9)12/h1H,(H3,9,10,11,12). The van der Waals surface area contributed by atoms with Gasteiger partial charge in [0, 0.05) is 5.38 Å². The SMILES string of the molecule is NC(=O)Nc1nc(C(F)(F)F)cs1. The van der Waals surface area contributed by atoms with E-state index in [4.69, 9.17) is 0 Å². The topological polar surface area (TPSA) is 68.0 Å². The number of nitrogens with two attached hydrogens (primary N) is 1. The van der Waals surface area contributed by atoms with Crippen molar-refractivity contribution in [1.29, 1.82) is 0 Å². The van der Waals surface area contributed by atoms with Crippen molar-refractivity contribution in [2.45, 2.75) is 6.18 Å². The Morgan fingerprint density at radius 1 is 1.62 bits per heavy atom. The summed E-state index contributed by atoms with van der Waals surface area (Å²) in [7, 11) is 0. The fourth-order valence-corrected chi connectivity index (χ4v) is 1.29. The summed E-state index contributed by atoms with van der Waals surface area (Å²) in [6.45, 7) is 0. The Morgan fingerprint density at radius 3 is 2.62 bits per heavy atom. The van der Waals surface area contributed by atoms with Crippen molar-refractivity contribution in [1.82, 2.24) is 4.98 Å². The highest BCUT2D eigenvalue weighted by atomic mass is 32.1. The van der Waals surface area contributed by atoms with Gasteiger partial charge < -0.3 is 5.73 Å². The maximum atomic E-state index is 11.9. The van der Waals surface area contributed by atoms with Crippen LogP contribution >= 0.6 is 11.3 Å². The lowest BCUT2D eigenvalue weighted by molar-refractivity contribution is -0.140. The quantitative estimate of drug-likeness (QED) is 0.741. The molecule has 13 heavy (non-hydrogen) atoms. The first-order valence-electron chi connectivity index (χ1n) is 2.99. The van der Waals surface area contributed by atoms with Crippen molar-refractivity contribution in [2.75, 3.05) is 5.32 Å². The normalized spacial score (nSPS) is 11.3. The minimum atomic E-state index is -4.49. The molecule has 0 saturated heterocycles. The summed E-state index contributed by atoms with van der Waals surface area (Å²) >= 11 is 0.662. The molecule has 0 spiro atoms. The van der Waals surface area contributed by atoms with Crippen LogP contribution in [0.15, 0.2) is 5.38 Å². The Balaban J connectivity index is 2.81. The Hall–Kier alpha value is -1.31. The van der Waals surface area contributed by atoms with Crippen molar-refractivity contribution in [3.05, 3.63) is 11.1 Å². The van der Waals surface area contributed by atoms with Crippen molar-refractivity contribution in [3.63, 3.8) is 0 Å². The van der Waals surface area contributed by atoms with Gasteiger partial charge >= 0.3 is 12.2 Å². The van der Waals surface area contributed by atoms with Gasteiger partial charge in [-0.2, -0.15) is 13.2 Å². The Labute approximate surface area is 74.6 Å². The monoisotopic (exact) mass is 211 g/mol. The molecule has 1 aromatic heterocycles. The molecule has 0 aliphatic carbocycles. The van der Waals surface area contributed by atoms with E-state index in [0.717, 1.165) is 5.38 Å². The van der Waals surface area contributed by atoms with E-state index >= 15 is 0 Å². The number of thiazole rings is 1. The molecule has 0 bridgehead atoms. The largest absolute Gasteiger partial charge is 0.434 e. The van der Waals surface area contributed by atoms with E-state index in [0.29, 0.717) is 11.3 Å². The molecule has 3 N–H and O–H groups in total. The molecule has 0 unspecified atom stereocenters. The number of carbonyl (C=O) groups excluding carboxylic acids is 1. The van der Waals surface area contributed by atoms with Crippen LogP contribution in [0.5, 0.6) is 0 Å². The molecule has 8 heteroatoms. The van der Waals surface area contributed by atoms with Crippen LogP contribution in [0.1, 0.15) is 5.69 Å². The van der Waals surface area contributed by atoms with Crippen LogP contribution in [-0.4, -0.2) is 11.0 Å². The summed E-state index contributed by atoms with van der Waals surface area (Å²) in [6.07, 6.45) is -4.49. The third-order valence-electron chi connectivity index (χ3n) is 1.02. The summed E-state index contributed by atoms with van der Waals surface area (Å²) in [4.78, 5) is 13.3. The lowest BCUT2D eigenvalue weighted by Crippen LogP contribution is -2.19. The van der Waals surface area contributed by atoms with Gasteiger partial charge in [0.25, 0.3) is 0 Å². The molecule has 1 heterocycles. The molecular formula is C5H4F3N3OS. The number of aromatic nitrogens is 1. The molecule has 0 saturated carbocycles. The molecule has 0 aliphatic rings. The van der Waals surface area contributed by atoms with Gasteiger partial charge in [0.05, 0.1) is 0 Å². The lowest BCUT2D eigenvalue weighted by atomic mass is 10.5. The van der Waals surface area contributed by atoms with Crippen LogP contribution in [0.2, 0.25) is 0 Å². The number of urea groups is 1. The summed E-state index contributed by atoms with van der Waals surface area (Å²) in [5.41, 5.74) is 3.64. The highest BCUT2D eigenvalue weighted by Crippen LogP contribution is 2.31. The number of nitrogens with zero attached hydrogens (tertiary/aromatic N) is 1. The van der Waals surface area contributed by atoms with Gasteiger partial charge in [-0.25, -0.2) is 9.78 Å². The molecular weight excluding hydrogens is 207 g/mol. The number of hydrogen-bond acceptors (Lipinski definition) is 3. The summed E-state index contributed by atoms with van der Waals surface area (Å²) in [5.74, 6) is 0. The maximum absolute atomic E-state index is 11.9. The lowest BCUT2D eigenvalue weighted by Gasteiger charge is -1.99. The summed E-state index contributed by atoms with van der Waals surface area (Å²) in [6, 6.07) is -0.942. The maximum Gasteiger partial charge on any atom is 0.434 e. The van der Waals surface area contributed by atoms with Gasteiger partial charge in [0.2, 0.25) is 0 Å². The third-order valence-corrected chi connectivity index (χ3v) is 1.78. The number of alkyl halides is 3. The van der Waals surface area contributed by atoms with Crippen molar-refractivity contribution in [3.8, 4) is 0 Å². The second-order valence-corrected chi connectivity index (χ2v) is 2.88. The van der Waals surface area contributed by atoms with Crippen LogP contribution in [0.4, 0.5) is 23.1 Å². The van der Waals surface area contributed by atoms with Crippen molar-refractivity contribution >= 4 is 22.5 Å². The predicted octanol–water partition coefficient (Wildman–Crippen LogP) is 1.65. The second kappa shape index (κ2) is 3.21. The van der Waals surface area contributed by atoms with E-state index in [1.807, 2.05) is 5.32 Å². The Morgan fingerprint density at radius 2 is 2.23 bits per heavy atom. The van der Waals surface area contributed by atoms with Crippen LogP contribution in [0.3, 0.4) is 0 Å². The van der Waals surface area contributed by atoms with Crippen LogP contribution in [-0.2, 0) is 6.18 Å². The highest BCUT2D eigenvalue weighted by Gasteiger charge is 2.33. The fourth-order valence-electron chi connectivity index (χ4n) is 0.567. The number of nitrogens with one attached hydrogen (secondary N) is 1. The predicted molar refractivity (Wildman–Crippen MR) is 40.3 cm³/mol. The molecule has 1 rings (SSSR count). The molecule has 0 fully saturated rings. The van der Waals surface area contributed by atoms with Gasteiger partial charge in [0.1, 0.15) is 0 Å². The number of anilines is 1. The number of hydrogen-bond donors (Lipinski definition) is 2. The molecule has 4 nitrogen and oxygen atoms in total. The molecule has 0 aliphatic heterocycles. The average Bonchev–Trinajstić information content (AvgIpc) is 2.32. The van der Waals surface area contributed by atoms with Gasteiger partial charge in [-0.15, -0.1) is 11.3 Å². The first kappa shape index (κ1) is 9.78. The zero-order valence-electron chi connectivity index (χ0n) is 6.05. The first-order valence-corrected chi connectivity index (χ1v) is 3.87. The molecule has 1 aromatic rings. The van der Waals surface area contributed by atoms with E-state index in [9.17, 15) is 18.0 Å². The van der Waals surface area contributed by atoms with Gasteiger partial charge in [-0.3, -0.25) is 5.32 Å². The van der Waals surface area contributed by atoms with E-state index in [1.54, 1.807) is 0 Å². The van der Waals surface area contributed by atoms with Crippen LogP contribution in [0, 0.1) is 0 Å². The third kappa shape index (κ3) is 2.58. The number of amides is 2. The van der Waals surface area contributed by atoms with Gasteiger partial charge in [-0.1, -0.05) is 0 Å². The number of primary amides is 1. The first-order chi connectivity index (χ1) is 5.89. The summed E-state index contributed by atoms with van der Waals surface area (Å²) < 4.78 is 35.8. The van der Waals surface area contributed by atoms with Gasteiger partial charge in [0.15, 0.2) is 10.8 Å². The van der Waals surface area contributed by atoms with Crippen molar-refractivity contribution in [2.24, 2.45) is 5.73 Å². The Kier molecular flexibility index (Phi) is 2.41. The molecule has 0 aromatic carbocycles.